The summed E-state index contributed by atoms with van der Waals surface area (Å²) in [5, 5.41) is 0.630. The fourth-order valence-electron chi connectivity index (χ4n) is 4.70. The van der Waals surface area contributed by atoms with Crippen molar-refractivity contribution in [1.82, 2.24) is 0 Å². The number of furan rings is 1. The lowest BCUT2D eigenvalue weighted by Gasteiger charge is -2.36. The third-order valence-electron chi connectivity index (χ3n) is 7.59. The molecule has 256 valence electrons. The van der Waals surface area contributed by atoms with Crippen molar-refractivity contribution in [3.8, 4) is 17.1 Å². The summed E-state index contributed by atoms with van der Waals surface area (Å²) in [4.78, 5) is 11.4. The van der Waals surface area contributed by atoms with E-state index in [4.69, 9.17) is 20.6 Å². The summed E-state index contributed by atoms with van der Waals surface area (Å²) < 4.78 is 129. The average molecular weight is 667 g/mol. The molecule has 1 aromatic heterocycles. The van der Waals surface area contributed by atoms with E-state index in [0.29, 0.717) is 11.1 Å². The van der Waals surface area contributed by atoms with Crippen LogP contribution in [0.3, 0.4) is 0 Å². The summed E-state index contributed by atoms with van der Waals surface area (Å²) >= 11 is 0. The van der Waals surface area contributed by atoms with Crippen molar-refractivity contribution in [1.29, 1.82) is 0 Å². The van der Waals surface area contributed by atoms with Gasteiger partial charge in [0, 0.05) is 23.6 Å². The van der Waals surface area contributed by atoms with Crippen molar-refractivity contribution in [2.24, 2.45) is 11.5 Å². The van der Waals surface area contributed by atoms with E-state index in [0.717, 1.165) is 43.2 Å². The molecule has 0 aliphatic heterocycles. The number of aryl methyl sites for hydroxylation is 2. The number of ether oxygens (including phenoxy) is 2. The maximum absolute atomic E-state index is 14.4. The molecule has 0 amide bonds. The van der Waals surface area contributed by atoms with E-state index in [9.17, 15) is 39.9 Å². The molecular weight excluding hydrogens is 628 g/mol. The number of alkyl halides is 8. The second kappa shape index (κ2) is 15.0. The van der Waals surface area contributed by atoms with E-state index in [2.05, 4.69) is 17.7 Å². The molecule has 0 saturated heterocycles. The molecule has 6 nitrogen and oxygen atoms in total. The quantitative estimate of drug-likeness (QED) is 0.0813. The zero-order valence-electron chi connectivity index (χ0n) is 25.5. The van der Waals surface area contributed by atoms with Crippen molar-refractivity contribution >= 4 is 16.9 Å². The summed E-state index contributed by atoms with van der Waals surface area (Å²) in [7, 11) is 0. The summed E-state index contributed by atoms with van der Waals surface area (Å²) in [6, 6.07) is 10.6. The Bertz CT molecular complexity index is 1460. The van der Waals surface area contributed by atoms with Gasteiger partial charge in [-0.2, -0.15) is 35.1 Å². The number of carbonyl (C=O) groups excluding carboxylic acids is 1. The number of esters is 1. The van der Waals surface area contributed by atoms with Gasteiger partial charge in [0.15, 0.2) is 0 Å². The highest BCUT2D eigenvalue weighted by atomic mass is 19.4. The molecule has 0 bridgehead atoms. The molecule has 3 aromatic rings. The number of nitrogens with two attached hydrogens (primary N) is 2. The molecule has 0 fully saturated rings. The number of rotatable bonds is 18. The van der Waals surface area contributed by atoms with E-state index in [1.807, 2.05) is 19.1 Å². The van der Waals surface area contributed by atoms with Crippen LogP contribution in [0.25, 0.3) is 22.3 Å². The lowest BCUT2D eigenvalue weighted by Crippen LogP contribution is -2.62. The SMILES string of the molecule is CCCCCc1ccc(-c2cc3ccc(OCCC(F)(F)C(F)(F)C(F)(F)C(F)(F)CCOC(=O)C(N)CN)cc3o2)c(CC)c1. The lowest BCUT2D eigenvalue weighted by molar-refractivity contribution is -0.369. The average Bonchev–Trinajstić information content (AvgIpc) is 3.43. The number of fused-ring (bicyclic) bond motifs is 1. The molecule has 3 rings (SSSR count). The predicted molar refractivity (Wildman–Crippen MR) is 157 cm³/mol. The Morgan fingerprint density at radius 2 is 1.52 bits per heavy atom. The number of hydrogen-bond acceptors (Lipinski definition) is 6. The van der Waals surface area contributed by atoms with Crippen molar-refractivity contribution in [2.45, 2.75) is 88.5 Å². The van der Waals surface area contributed by atoms with Crippen LogP contribution in [0.4, 0.5) is 35.1 Å². The molecule has 46 heavy (non-hydrogen) atoms. The van der Waals surface area contributed by atoms with Gasteiger partial charge < -0.3 is 25.4 Å². The van der Waals surface area contributed by atoms with Gasteiger partial charge in [-0.15, -0.1) is 0 Å². The fraction of sp³-hybridized carbons (Fsp3) is 0.531. The first-order valence-corrected chi connectivity index (χ1v) is 14.9. The minimum Gasteiger partial charge on any atom is -0.493 e. The highest BCUT2D eigenvalue weighted by Gasteiger charge is 2.79. The Labute approximate surface area is 261 Å². The van der Waals surface area contributed by atoms with Gasteiger partial charge >= 0.3 is 29.7 Å². The van der Waals surface area contributed by atoms with E-state index in [1.54, 1.807) is 6.07 Å². The number of hydrogen-bond donors (Lipinski definition) is 2. The monoisotopic (exact) mass is 666 g/mol. The van der Waals surface area contributed by atoms with Gasteiger partial charge in [0.25, 0.3) is 0 Å². The first-order chi connectivity index (χ1) is 21.5. The smallest absolute Gasteiger partial charge is 0.378 e. The maximum Gasteiger partial charge on any atom is 0.378 e. The van der Waals surface area contributed by atoms with Crippen molar-refractivity contribution in [2.75, 3.05) is 19.8 Å². The minimum absolute atomic E-state index is 0.0934. The van der Waals surface area contributed by atoms with E-state index in [-0.39, 0.29) is 11.3 Å². The van der Waals surface area contributed by atoms with Gasteiger partial charge in [0.05, 0.1) is 26.1 Å². The zero-order chi connectivity index (χ0) is 34.3. The molecule has 14 heteroatoms. The van der Waals surface area contributed by atoms with E-state index < -0.39 is 68.3 Å². The zero-order valence-corrected chi connectivity index (χ0v) is 25.5. The van der Waals surface area contributed by atoms with Gasteiger partial charge in [-0.25, -0.2) is 0 Å². The fourth-order valence-corrected chi connectivity index (χ4v) is 4.70. The third kappa shape index (κ3) is 8.11. The highest BCUT2D eigenvalue weighted by Crippen LogP contribution is 2.54. The van der Waals surface area contributed by atoms with Crippen LogP contribution in [0.1, 0.15) is 57.1 Å². The van der Waals surface area contributed by atoms with Crippen LogP contribution in [0.15, 0.2) is 46.9 Å². The molecule has 4 N–H and O–H groups in total. The van der Waals surface area contributed by atoms with Crippen molar-refractivity contribution in [3.63, 3.8) is 0 Å². The van der Waals surface area contributed by atoms with E-state index >= 15 is 0 Å². The first kappa shape index (κ1) is 37.1. The number of benzene rings is 2. The molecule has 1 heterocycles. The molecular formula is C32H38F8N2O4. The van der Waals surface area contributed by atoms with Crippen LogP contribution in [0.5, 0.6) is 5.75 Å². The van der Waals surface area contributed by atoms with Gasteiger partial charge in [-0.3, -0.25) is 4.79 Å². The highest BCUT2D eigenvalue weighted by molar-refractivity contribution is 5.84. The molecule has 0 radical (unpaired) electrons. The lowest BCUT2D eigenvalue weighted by atomic mass is 9.95. The molecule has 0 aliphatic carbocycles. The molecule has 1 unspecified atom stereocenters. The Morgan fingerprint density at radius 3 is 2.13 bits per heavy atom. The van der Waals surface area contributed by atoms with Crippen LogP contribution in [0.2, 0.25) is 0 Å². The van der Waals surface area contributed by atoms with Gasteiger partial charge in [-0.05, 0) is 48.6 Å². The Morgan fingerprint density at radius 1 is 0.870 bits per heavy atom. The largest absolute Gasteiger partial charge is 0.493 e. The van der Waals surface area contributed by atoms with Crippen molar-refractivity contribution in [3.05, 3.63) is 53.6 Å². The van der Waals surface area contributed by atoms with Crippen LogP contribution >= 0.6 is 0 Å². The second-order valence-electron chi connectivity index (χ2n) is 11.0. The maximum atomic E-state index is 14.4. The van der Waals surface area contributed by atoms with Crippen LogP contribution in [0, 0.1) is 0 Å². The standard InChI is InChI=1S/C32H38F8N2O4/c1-3-5-6-7-20-8-11-24(21(4-2)16-20)27-17-22-9-10-23(18-26(22)46-27)44-14-12-29(33,34)31(37,38)32(39,40)30(35,36)13-15-45-28(43)25(42)19-41/h8-11,16-18,25H,3-7,12-15,19,41-42H2,1-2H3. The van der Waals surface area contributed by atoms with Crippen LogP contribution in [-0.4, -0.2) is 55.5 Å². The number of carbonyl (C=O) groups is 1. The topological polar surface area (TPSA) is 101 Å². The summed E-state index contributed by atoms with van der Waals surface area (Å²) in [5.74, 6) is -25.2. The van der Waals surface area contributed by atoms with Gasteiger partial charge in [0.2, 0.25) is 0 Å². The normalized spacial score (nSPS) is 13.7. The minimum atomic E-state index is -6.51. The third-order valence-corrected chi connectivity index (χ3v) is 7.59. The molecule has 1 atom stereocenters. The molecule has 0 saturated carbocycles. The second-order valence-corrected chi connectivity index (χ2v) is 11.0. The van der Waals surface area contributed by atoms with E-state index in [1.165, 1.54) is 23.8 Å². The Hall–Kier alpha value is -3.39. The van der Waals surface area contributed by atoms with Crippen molar-refractivity contribution < 1.29 is 53.8 Å². The predicted octanol–water partition coefficient (Wildman–Crippen LogP) is 7.92. The number of halogens is 8. The summed E-state index contributed by atoms with van der Waals surface area (Å²) in [5.41, 5.74) is 13.7. The van der Waals surface area contributed by atoms with Crippen LogP contribution < -0.4 is 16.2 Å². The molecule has 0 spiro atoms. The van der Waals surface area contributed by atoms with Gasteiger partial charge in [-0.1, -0.05) is 44.9 Å². The molecule has 0 aliphatic rings. The Kier molecular flexibility index (Phi) is 12.1. The number of unbranched alkanes of at least 4 members (excludes halogenated alkanes) is 2. The summed E-state index contributed by atoms with van der Waals surface area (Å²) in [6.07, 6.45) is 0.832. The van der Waals surface area contributed by atoms with Gasteiger partial charge in [0.1, 0.15) is 23.1 Å². The van der Waals surface area contributed by atoms with Crippen LogP contribution in [-0.2, 0) is 22.4 Å². The Balaban J connectivity index is 1.67. The summed E-state index contributed by atoms with van der Waals surface area (Å²) in [6.45, 7) is 0.977. The molecule has 2 aromatic carbocycles. The first-order valence-electron chi connectivity index (χ1n) is 14.9.